The number of aromatic nitrogens is 2. The van der Waals surface area contributed by atoms with E-state index in [0.29, 0.717) is 49.9 Å². The van der Waals surface area contributed by atoms with Gasteiger partial charge in [0.2, 0.25) is 11.0 Å². The average molecular weight is 555 g/mol. The Hall–Kier alpha value is -3.08. The van der Waals surface area contributed by atoms with Gasteiger partial charge in [0.25, 0.3) is 5.69 Å². The van der Waals surface area contributed by atoms with Crippen LogP contribution in [0.5, 0.6) is 0 Å². The molecule has 1 aliphatic heterocycles. The molecule has 0 saturated carbocycles. The zero-order valence-corrected chi connectivity index (χ0v) is 22.5. The lowest BCUT2D eigenvalue weighted by molar-refractivity contribution is -0.384. The number of non-ortho nitro benzene ring substituents is 1. The maximum atomic E-state index is 13.5. The SMILES string of the molecule is CC1(C)CC(=O)C2=C(C1)N(c1nnc(SCc3ccccc3Cl)s1)C(=O)C[C@@H]2c1ccc([N+](=O)[O-])cc1. The fraction of sp³-hybridized carbons (Fsp3) is 0.308. The van der Waals surface area contributed by atoms with Crippen LogP contribution in [0, 0.1) is 15.5 Å². The summed E-state index contributed by atoms with van der Waals surface area (Å²) in [4.78, 5) is 39.2. The fourth-order valence-corrected chi connectivity index (χ4v) is 7.03. The largest absolute Gasteiger partial charge is 0.294 e. The van der Waals surface area contributed by atoms with Crippen LogP contribution in [-0.4, -0.2) is 26.8 Å². The maximum absolute atomic E-state index is 13.5. The van der Waals surface area contributed by atoms with Crippen molar-refractivity contribution in [1.29, 1.82) is 0 Å². The van der Waals surface area contributed by atoms with Crippen molar-refractivity contribution in [2.24, 2.45) is 5.41 Å². The van der Waals surface area contributed by atoms with Crippen LogP contribution in [0.2, 0.25) is 5.02 Å². The number of nitro groups is 1. The van der Waals surface area contributed by atoms with Crippen molar-refractivity contribution < 1.29 is 14.5 Å². The summed E-state index contributed by atoms with van der Waals surface area (Å²) in [5.74, 6) is -0.0225. The number of thioether (sulfide) groups is 1. The van der Waals surface area contributed by atoms with Gasteiger partial charge in [-0.05, 0) is 29.0 Å². The molecule has 1 aliphatic carbocycles. The summed E-state index contributed by atoms with van der Waals surface area (Å²) in [6.07, 6.45) is 0.974. The van der Waals surface area contributed by atoms with E-state index in [1.165, 1.54) is 35.2 Å². The monoisotopic (exact) mass is 554 g/mol. The molecule has 2 aliphatic rings. The molecule has 8 nitrogen and oxygen atoms in total. The molecule has 0 fully saturated rings. The summed E-state index contributed by atoms with van der Waals surface area (Å²) >= 11 is 9.07. The highest BCUT2D eigenvalue weighted by atomic mass is 35.5. The van der Waals surface area contributed by atoms with Crippen LogP contribution in [0.3, 0.4) is 0 Å². The Morgan fingerprint density at radius 2 is 1.86 bits per heavy atom. The van der Waals surface area contributed by atoms with Gasteiger partial charge in [0.1, 0.15) is 0 Å². The Labute approximate surface area is 226 Å². The number of carbonyl (C=O) groups is 2. The quantitative estimate of drug-likeness (QED) is 0.147. The molecule has 2 aromatic carbocycles. The second kappa shape index (κ2) is 10.00. The van der Waals surface area contributed by atoms with Crippen LogP contribution >= 0.6 is 34.7 Å². The van der Waals surface area contributed by atoms with E-state index in [0.717, 1.165) is 5.56 Å². The normalized spacial score (nSPS) is 19.2. The zero-order chi connectivity index (χ0) is 26.3. The topological polar surface area (TPSA) is 106 Å². The molecule has 0 N–H and O–H groups in total. The maximum Gasteiger partial charge on any atom is 0.269 e. The van der Waals surface area contributed by atoms with E-state index in [2.05, 4.69) is 10.2 Å². The number of hydrogen-bond donors (Lipinski definition) is 0. The molecule has 3 aromatic rings. The lowest BCUT2D eigenvalue weighted by Crippen LogP contribution is -2.43. The Balaban J connectivity index is 1.49. The zero-order valence-electron chi connectivity index (χ0n) is 20.1. The number of benzene rings is 2. The number of nitro benzene ring substituents is 1. The van der Waals surface area contributed by atoms with Gasteiger partial charge >= 0.3 is 0 Å². The minimum atomic E-state index is -0.465. The minimum absolute atomic E-state index is 0.00932. The first-order chi connectivity index (χ1) is 17.6. The molecule has 0 unspecified atom stereocenters. The summed E-state index contributed by atoms with van der Waals surface area (Å²) in [6, 6.07) is 13.7. The molecular weight excluding hydrogens is 532 g/mol. The number of nitrogens with zero attached hydrogens (tertiary/aromatic N) is 4. The summed E-state index contributed by atoms with van der Waals surface area (Å²) in [5, 5.41) is 20.8. The fourth-order valence-electron chi connectivity index (χ4n) is 4.86. The molecule has 0 bridgehead atoms. The molecule has 0 saturated heterocycles. The number of amides is 1. The third kappa shape index (κ3) is 5.18. The van der Waals surface area contributed by atoms with Gasteiger partial charge in [0.15, 0.2) is 10.1 Å². The van der Waals surface area contributed by atoms with E-state index in [1.807, 2.05) is 38.1 Å². The molecule has 0 radical (unpaired) electrons. The number of hydrogen-bond acceptors (Lipinski definition) is 8. The molecule has 1 atom stereocenters. The van der Waals surface area contributed by atoms with Crippen LogP contribution in [0.15, 0.2) is 64.1 Å². The number of rotatable bonds is 6. The van der Waals surface area contributed by atoms with Crippen LogP contribution in [-0.2, 0) is 15.3 Å². The molecule has 190 valence electrons. The lowest BCUT2D eigenvalue weighted by Gasteiger charge is -2.41. The van der Waals surface area contributed by atoms with Gasteiger partial charge in [-0.1, -0.05) is 78.9 Å². The van der Waals surface area contributed by atoms with Gasteiger partial charge in [0, 0.05) is 52.9 Å². The Morgan fingerprint density at radius 3 is 2.57 bits per heavy atom. The van der Waals surface area contributed by atoms with Crippen molar-refractivity contribution >= 4 is 57.2 Å². The van der Waals surface area contributed by atoms with E-state index in [9.17, 15) is 19.7 Å². The first-order valence-corrected chi connectivity index (χ1v) is 13.8. The van der Waals surface area contributed by atoms with Crippen LogP contribution in [0.1, 0.15) is 50.2 Å². The molecule has 2 heterocycles. The van der Waals surface area contributed by atoms with Crippen molar-refractivity contribution in [2.45, 2.75) is 49.1 Å². The van der Waals surface area contributed by atoms with Crippen molar-refractivity contribution in [1.82, 2.24) is 10.2 Å². The predicted molar refractivity (Wildman–Crippen MR) is 144 cm³/mol. The van der Waals surface area contributed by atoms with E-state index in [1.54, 1.807) is 17.0 Å². The van der Waals surface area contributed by atoms with E-state index in [-0.39, 0.29) is 29.2 Å². The van der Waals surface area contributed by atoms with Gasteiger partial charge < -0.3 is 0 Å². The highest BCUT2D eigenvalue weighted by Gasteiger charge is 2.45. The Morgan fingerprint density at radius 1 is 1.14 bits per heavy atom. The smallest absolute Gasteiger partial charge is 0.269 e. The molecule has 1 amide bonds. The summed E-state index contributed by atoms with van der Waals surface area (Å²) in [5.41, 5.74) is 2.59. The number of ketones is 1. The number of allylic oxidation sites excluding steroid dienone is 2. The number of Topliss-reactive ketones (excluding diaryl/α,β-unsaturated/α-hetero) is 1. The van der Waals surface area contributed by atoms with Gasteiger partial charge in [-0.15, -0.1) is 10.2 Å². The third-order valence-corrected chi connectivity index (χ3v) is 9.00. The second-order valence-electron chi connectivity index (χ2n) is 9.87. The van der Waals surface area contributed by atoms with Gasteiger partial charge in [0.05, 0.1) is 4.92 Å². The van der Waals surface area contributed by atoms with Crippen molar-refractivity contribution in [3.63, 3.8) is 0 Å². The predicted octanol–water partition coefficient (Wildman–Crippen LogP) is 6.56. The molecule has 5 rings (SSSR count). The standard InChI is InChI=1S/C26H23ClN4O4S2/c1-26(2)12-20-23(21(32)13-26)18(15-7-9-17(10-8-15)31(34)35)11-22(33)30(20)24-28-29-25(37-24)36-14-16-5-3-4-6-19(16)27/h3-10,18H,11-14H2,1-2H3/t18-/m1/s1. The summed E-state index contributed by atoms with van der Waals surface area (Å²) in [6.45, 7) is 4.02. The Kier molecular flexibility index (Phi) is 6.91. The minimum Gasteiger partial charge on any atom is -0.294 e. The second-order valence-corrected chi connectivity index (χ2v) is 12.5. The lowest BCUT2D eigenvalue weighted by atomic mass is 9.69. The van der Waals surface area contributed by atoms with Gasteiger partial charge in [-0.25, -0.2) is 0 Å². The molecule has 11 heteroatoms. The Bertz CT molecular complexity index is 1430. The van der Waals surface area contributed by atoms with E-state index in [4.69, 9.17) is 11.6 Å². The van der Waals surface area contributed by atoms with Crippen molar-refractivity contribution in [3.05, 3.63) is 86.1 Å². The number of carbonyl (C=O) groups excluding carboxylic acids is 2. The molecular formula is C26H23ClN4O4S2. The van der Waals surface area contributed by atoms with Crippen LogP contribution < -0.4 is 4.90 Å². The highest BCUT2D eigenvalue weighted by Crippen LogP contribution is 2.49. The van der Waals surface area contributed by atoms with Crippen LogP contribution in [0.25, 0.3) is 0 Å². The highest BCUT2D eigenvalue weighted by molar-refractivity contribution is 8.00. The van der Waals surface area contributed by atoms with Crippen molar-refractivity contribution in [2.75, 3.05) is 4.90 Å². The molecule has 1 aromatic heterocycles. The van der Waals surface area contributed by atoms with Crippen molar-refractivity contribution in [3.8, 4) is 0 Å². The number of halogens is 1. The van der Waals surface area contributed by atoms with Crippen LogP contribution in [0.4, 0.5) is 10.8 Å². The third-order valence-electron chi connectivity index (χ3n) is 6.55. The van der Waals surface area contributed by atoms with E-state index < -0.39 is 10.8 Å². The van der Waals surface area contributed by atoms with Gasteiger partial charge in [-0.2, -0.15) is 0 Å². The summed E-state index contributed by atoms with van der Waals surface area (Å²) in [7, 11) is 0. The first-order valence-electron chi connectivity index (χ1n) is 11.7. The molecule has 0 spiro atoms. The summed E-state index contributed by atoms with van der Waals surface area (Å²) < 4.78 is 0.698. The van der Waals surface area contributed by atoms with Gasteiger partial charge in [-0.3, -0.25) is 24.6 Å². The number of anilines is 1. The first kappa shape index (κ1) is 25.6. The molecule has 37 heavy (non-hydrogen) atoms. The van der Waals surface area contributed by atoms with E-state index >= 15 is 0 Å². The average Bonchev–Trinajstić information content (AvgIpc) is 3.30.